The quantitative estimate of drug-likeness (QED) is 0.711. The lowest BCUT2D eigenvalue weighted by molar-refractivity contribution is 0.489. The summed E-state index contributed by atoms with van der Waals surface area (Å²) < 4.78 is 0. The molecule has 0 atom stereocenters. The van der Waals surface area contributed by atoms with Gasteiger partial charge in [-0.05, 0) is 27.7 Å². The molecule has 14 heavy (non-hydrogen) atoms. The molecule has 76 valence electrons. The summed E-state index contributed by atoms with van der Waals surface area (Å²) in [6.45, 7) is 8.73. The van der Waals surface area contributed by atoms with Gasteiger partial charge in [-0.25, -0.2) is 0 Å². The molecular formula is C11H17N3. The minimum absolute atomic E-state index is 0.268. The molecular weight excluding hydrogens is 174 g/mol. The lowest BCUT2D eigenvalue weighted by Gasteiger charge is -2.19. The van der Waals surface area contributed by atoms with Crippen LogP contribution >= 0.6 is 0 Å². The average molecular weight is 191 g/mol. The molecule has 1 heterocycles. The summed E-state index contributed by atoms with van der Waals surface area (Å²) >= 11 is 0. The molecule has 0 saturated heterocycles. The maximum atomic E-state index is 5.39. The maximum absolute atomic E-state index is 5.39. The predicted molar refractivity (Wildman–Crippen MR) is 57.8 cm³/mol. The number of nitrogens with one attached hydrogen (secondary N) is 2. The highest BCUT2D eigenvalue weighted by molar-refractivity contribution is 5.23. The van der Waals surface area contributed by atoms with E-state index >= 15 is 0 Å². The molecule has 0 aliphatic carbocycles. The Labute approximate surface area is 85.3 Å². The second-order valence-electron chi connectivity index (χ2n) is 4.04. The van der Waals surface area contributed by atoms with Gasteiger partial charge in [0, 0.05) is 17.8 Å². The van der Waals surface area contributed by atoms with Gasteiger partial charge in [0.1, 0.15) is 0 Å². The van der Waals surface area contributed by atoms with Gasteiger partial charge in [-0.2, -0.15) is 5.10 Å². The van der Waals surface area contributed by atoms with Crippen molar-refractivity contribution in [2.45, 2.75) is 39.8 Å². The van der Waals surface area contributed by atoms with Gasteiger partial charge in [0.25, 0.3) is 0 Å². The number of aromatic nitrogens is 2. The number of aromatic amines is 1. The monoisotopic (exact) mass is 191 g/mol. The van der Waals surface area contributed by atoms with Gasteiger partial charge in [-0.3, -0.25) is 10.4 Å². The topological polar surface area (TPSA) is 40.7 Å². The number of aryl methyl sites for hydroxylation is 2. The summed E-state index contributed by atoms with van der Waals surface area (Å²) in [5.74, 6) is 2.70. The summed E-state index contributed by atoms with van der Waals surface area (Å²) in [6.07, 6.45) is 5.39. The molecule has 1 aromatic rings. The van der Waals surface area contributed by atoms with Gasteiger partial charge in [-0.1, -0.05) is 5.92 Å². The first kappa shape index (κ1) is 10.8. The van der Waals surface area contributed by atoms with E-state index in [-0.39, 0.29) is 5.54 Å². The minimum atomic E-state index is -0.268. The molecule has 0 saturated carbocycles. The van der Waals surface area contributed by atoms with E-state index < -0.39 is 0 Å². The van der Waals surface area contributed by atoms with Crippen LogP contribution in [0.2, 0.25) is 0 Å². The third kappa shape index (κ3) is 2.36. The molecule has 0 aliphatic heterocycles. The number of rotatable bonds is 3. The van der Waals surface area contributed by atoms with Crippen LogP contribution in [-0.2, 0) is 6.54 Å². The SMILES string of the molecule is C#CC(C)(C)NCc1c(C)n[nH]c1C. The van der Waals surface area contributed by atoms with E-state index in [2.05, 4.69) is 21.4 Å². The first-order valence-corrected chi connectivity index (χ1v) is 4.69. The van der Waals surface area contributed by atoms with E-state index in [0.717, 1.165) is 17.9 Å². The fourth-order valence-corrected chi connectivity index (χ4v) is 1.19. The molecule has 0 radical (unpaired) electrons. The Morgan fingerprint density at radius 3 is 2.57 bits per heavy atom. The van der Waals surface area contributed by atoms with Crippen molar-refractivity contribution in [3.63, 3.8) is 0 Å². The Hall–Kier alpha value is -1.27. The number of hydrogen-bond acceptors (Lipinski definition) is 2. The third-order valence-corrected chi connectivity index (χ3v) is 2.35. The van der Waals surface area contributed by atoms with Crippen molar-refractivity contribution in [2.75, 3.05) is 0 Å². The fraction of sp³-hybridized carbons (Fsp3) is 0.545. The van der Waals surface area contributed by atoms with Crippen molar-refractivity contribution >= 4 is 0 Å². The molecule has 0 amide bonds. The molecule has 3 heteroatoms. The summed E-state index contributed by atoms with van der Waals surface area (Å²) in [7, 11) is 0. The fourth-order valence-electron chi connectivity index (χ4n) is 1.19. The van der Waals surface area contributed by atoms with Crippen LogP contribution in [-0.4, -0.2) is 15.7 Å². The lowest BCUT2D eigenvalue weighted by atomic mass is 10.1. The molecule has 0 fully saturated rings. The highest BCUT2D eigenvalue weighted by Crippen LogP contribution is 2.10. The molecule has 2 N–H and O–H groups in total. The number of terminal acetylenes is 1. The predicted octanol–water partition coefficient (Wildman–Crippen LogP) is 1.53. The summed E-state index contributed by atoms with van der Waals surface area (Å²) in [4.78, 5) is 0. The molecule has 0 unspecified atom stereocenters. The maximum Gasteiger partial charge on any atom is 0.0743 e. The standard InChI is InChI=1S/C11H17N3/c1-6-11(4,5)12-7-10-8(2)13-14-9(10)3/h1,12H,7H2,2-5H3,(H,13,14). The van der Waals surface area contributed by atoms with E-state index in [9.17, 15) is 0 Å². The normalized spacial score (nSPS) is 11.4. The zero-order valence-electron chi connectivity index (χ0n) is 9.23. The molecule has 1 aromatic heterocycles. The molecule has 0 spiro atoms. The van der Waals surface area contributed by atoms with Crippen LogP contribution in [0.1, 0.15) is 30.8 Å². The first-order chi connectivity index (χ1) is 6.46. The van der Waals surface area contributed by atoms with E-state index in [1.807, 2.05) is 27.7 Å². The third-order valence-electron chi connectivity index (χ3n) is 2.35. The molecule has 0 aliphatic rings. The van der Waals surface area contributed by atoms with Crippen LogP contribution in [0.5, 0.6) is 0 Å². The summed E-state index contributed by atoms with van der Waals surface area (Å²) in [6, 6.07) is 0. The number of nitrogens with zero attached hydrogens (tertiary/aromatic N) is 1. The van der Waals surface area contributed by atoms with E-state index in [1.165, 1.54) is 5.56 Å². The van der Waals surface area contributed by atoms with Gasteiger partial charge in [0.05, 0.1) is 11.2 Å². The van der Waals surface area contributed by atoms with Gasteiger partial charge < -0.3 is 0 Å². The van der Waals surface area contributed by atoms with Gasteiger partial charge in [0.2, 0.25) is 0 Å². The Morgan fingerprint density at radius 2 is 2.14 bits per heavy atom. The Morgan fingerprint density at radius 1 is 1.50 bits per heavy atom. The van der Waals surface area contributed by atoms with E-state index in [0.29, 0.717) is 0 Å². The highest BCUT2D eigenvalue weighted by Gasteiger charge is 2.14. The molecule has 0 aromatic carbocycles. The summed E-state index contributed by atoms with van der Waals surface area (Å²) in [5.41, 5.74) is 3.06. The number of H-pyrrole nitrogens is 1. The minimum Gasteiger partial charge on any atom is -0.297 e. The van der Waals surface area contributed by atoms with Crippen molar-refractivity contribution in [3.8, 4) is 12.3 Å². The summed E-state index contributed by atoms with van der Waals surface area (Å²) in [5, 5.41) is 10.4. The Balaban J connectivity index is 2.68. The molecule has 1 rings (SSSR count). The van der Waals surface area contributed by atoms with Crippen molar-refractivity contribution in [3.05, 3.63) is 17.0 Å². The highest BCUT2D eigenvalue weighted by atomic mass is 15.1. The average Bonchev–Trinajstić information content (AvgIpc) is 2.44. The second kappa shape index (κ2) is 3.85. The zero-order valence-corrected chi connectivity index (χ0v) is 9.23. The second-order valence-corrected chi connectivity index (χ2v) is 4.04. The van der Waals surface area contributed by atoms with Crippen molar-refractivity contribution in [2.24, 2.45) is 0 Å². The van der Waals surface area contributed by atoms with Gasteiger partial charge in [0.15, 0.2) is 0 Å². The Bertz CT molecular complexity index is 336. The molecule has 3 nitrogen and oxygen atoms in total. The molecule has 0 bridgehead atoms. The van der Waals surface area contributed by atoms with E-state index in [4.69, 9.17) is 6.42 Å². The smallest absolute Gasteiger partial charge is 0.0743 e. The van der Waals surface area contributed by atoms with Crippen LogP contribution in [0.15, 0.2) is 0 Å². The Kier molecular flexibility index (Phi) is 2.97. The zero-order chi connectivity index (χ0) is 10.8. The van der Waals surface area contributed by atoms with Gasteiger partial charge in [-0.15, -0.1) is 6.42 Å². The van der Waals surface area contributed by atoms with Crippen molar-refractivity contribution < 1.29 is 0 Å². The first-order valence-electron chi connectivity index (χ1n) is 4.69. The van der Waals surface area contributed by atoms with Crippen molar-refractivity contribution in [1.29, 1.82) is 0 Å². The van der Waals surface area contributed by atoms with E-state index in [1.54, 1.807) is 0 Å². The van der Waals surface area contributed by atoms with Crippen LogP contribution in [0, 0.1) is 26.2 Å². The lowest BCUT2D eigenvalue weighted by Crippen LogP contribution is -2.37. The van der Waals surface area contributed by atoms with Crippen LogP contribution < -0.4 is 5.32 Å². The number of hydrogen-bond donors (Lipinski definition) is 2. The van der Waals surface area contributed by atoms with Gasteiger partial charge >= 0.3 is 0 Å². The van der Waals surface area contributed by atoms with Crippen molar-refractivity contribution in [1.82, 2.24) is 15.5 Å². The largest absolute Gasteiger partial charge is 0.297 e. The van der Waals surface area contributed by atoms with Crippen LogP contribution in [0.4, 0.5) is 0 Å². The van der Waals surface area contributed by atoms with Crippen LogP contribution in [0.3, 0.4) is 0 Å². The van der Waals surface area contributed by atoms with Crippen LogP contribution in [0.25, 0.3) is 0 Å².